The summed E-state index contributed by atoms with van der Waals surface area (Å²) in [5, 5.41) is 3.41. The van der Waals surface area contributed by atoms with Crippen molar-refractivity contribution in [3.8, 4) is 0 Å². The van der Waals surface area contributed by atoms with Gasteiger partial charge in [-0.3, -0.25) is 0 Å². The first-order valence-electron chi connectivity index (χ1n) is 7.56. The second-order valence-corrected chi connectivity index (χ2v) is 9.14. The Morgan fingerprint density at radius 2 is 1.81 bits per heavy atom. The van der Waals surface area contributed by atoms with Gasteiger partial charge in [0, 0.05) is 22.9 Å². The summed E-state index contributed by atoms with van der Waals surface area (Å²) in [5.41, 5.74) is 1.26. The van der Waals surface area contributed by atoms with Crippen molar-refractivity contribution in [1.82, 2.24) is 5.32 Å². The smallest absolute Gasteiger partial charge is 0.151 e. The van der Waals surface area contributed by atoms with Gasteiger partial charge in [-0.1, -0.05) is 32.9 Å². The molecule has 0 fully saturated rings. The SMILES string of the molecule is CCCS(=O)(=O)CCSc1ccc(CNCC(C)C)cc1. The molecule has 0 radical (unpaired) electrons. The third-order valence-corrected chi connectivity index (χ3v) is 6.11. The molecule has 0 aliphatic heterocycles. The van der Waals surface area contributed by atoms with Gasteiger partial charge >= 0.3 is 0 Å². The van der Waals surface area contributed by atoms with E-state index in [4.69, 9.17) is 0 Å². The van der Waals surface area contributed by atoms with Crippen LogP contribution in [-0.2, 0) is 16.4 Å². The molecule has 120 valence electrons. The van der Waals surface area contributed by atoms with Crippen LogP contribution in [0.15, 0.2) is 29.2 Å². The highest BCUT2D eigenvalue weighted by Gasteiger charge is 2.09. The molecule has 0 unspecified atom stereocenters. The lowest BCUT2D eigenvalue weighted by Crippen LogP contribution is -2.18. The Hall–Kier alpha value is -0.520. The monoisotopic (exact) mass is 329 g/mol. The highest BCUT2D eigenvalue weighted by molar-refractivity contribution is 8.00. The Kier molecular flexibility index (Phi) is 8.37. The minimum absolute atomic E-state index is 0.267. The molecule has 1 aromatic carbocycles. The first kappa shape index (κ1) is 18.5. The van der Waals surface area contributed by atoms with Crippen LogP contribution in [0.3, 0.4) is 0 Å². The van der Waals surface area contributed by atoms with Gasteiger partial charge in [-0.25, -0.2) is 8.42 Å². The third-order valence-electron chi connectivity index (χ3n) is 2.98. The van der Waals surface area contributed by atoms with Crippen molar-refractivity contribution in [3.05, 3.63) is 29.8 Å². The van der Waals surface area contributed by atoms with Crippen molar-refractivity contribution in [2.75, 3.05) is 23.8 Å². The number of sulfone groups is 1. The molecule has 0 aromatic heterocycles. The Labute approximate surface area is 133 Å². The summed E-state index contributed by atoms with van der Waals surface area (Å²) in [7, 11) is -2.86. The predicted molar refractivity (Wildman–Crippen MR) is 92.7 cm³/mol. The maximum absolute atomic E-state index is 11.6. The Morgan fingerprint density at radius 3 is 2.38 bits per heavy atom. The molecule has 1 aromatic rings. The fourth-order valence-electron chi connectivity index (χ4n) is 1.91. The van der Waals surface area contributed by atoms with Gasteiger partial charge < -0.3 is 5.32 Å². The summed E-state index contributed by atoms with van der Waals surface area (Å²) in [6.07, 6.45) is 0.699. The number of nitrogens with one attached hydrogen (secondary N) is 1. The minimum atomic E-state index is -2.86. The average Bonchev–Trinajstić information content (AvgIpc) is 2.40. The van der Waals surface area contributed by atoms with Gasteiger partial charge in [0.15, 0.2) is 9.84 Å². The zero-order valence-corrected chi connectivity index (χ0v) is 14.9. The molecule has 0 heterocycles. The quantitative estimate of drug-likeness (QED) is 0.669. The van der Waals surface area contributed by atoms with Crippen LogP contribution in [0.4, 0.5) is 0 Å². The van der Waals surface area contributed by atoms with Gasteiger partial charge in [-0.2, -0.15) is 0 Å². The summed E-state index contributed by atoms with van der Waals surface area (Å²) in [4.78, 5) is 1.13. The van der Waals surface area contributed by atoms with Gasteiger partial charge in [0.1, 0.15) is 0 Å². The summed E-state index contributed by atoms with van der Waals surface area (Å²) >= 11 is 1.61. The number of hydrogen-bond donors (Lipinski definition) is 1. The molecule has 0 saturated heterocycles. The van der Waals surface area contributed by atoms with Crippen LogP contribution in [0.2, 0.25) is 0 Å². The molecule has 5 heteroatoms. The van der Waals surface area contributed by atoms with Crippen molar-refractivity contribution in [2.24, 2.45) is 5.92 Å². The van der Waals surface area contributed by atoms with E-state index in [1.165, 1.54) is 5.56 Å². The lowest BCUT2D eigenvalue weighted by Gasteiger charge is -2.08. The van der Waals surface area contributed by atoms with Crippen molar-refractivity contribution < 1.29 is 8.42 Å². The number of benzene rings is 1. The zero-order chi connectivity index (χ0) is 15.7. The molecule has 1 N–H and O–H groups in total. The number of thioether (sulfide) groups is 1. The molecule has 0 aliphatic rings. The van der Waals surface area contributed by atoms with E-state index in [2.05, 4.69) is 43.4 Å². The second kappa shape index (κ2) is 9.49. The van der Waals surface area contributed by atoms with Crippen LogP contribution < -0.4 is 5.32 Å². The number of hydrogen-bond acceptors (Lipinski definition) is 4. The van der Waals surface area contributed by atoms with Crippen LogP contribution in [0.5, 0.6) is 0 Å². The molecule has 21 heavy (non-hydrogen) atoms. The maximum atomic E-state index is 11.6. The van der Waals surface area contributed by atoms with E-state index in [9.17, 15) is 8.42 Å². The van der Waals surface area contributed by atoms with Crippen LogP contribution in [0, 0.1) is 5.92 Å². The van der Waals surface area contributed by atoms with E-state index in [1.54, 1.807) is 11.8 Å². The summed E-state index contributed by atoms with van der Waals surface area (Å²) < 4.78 is 23.3. The normalized spacial score (nSPS) is 12.0. The van der Waals surface area contributed by atoms with E-state index in [-0.39, 0.29) is 5.75 Å². The standard InChI is InChI=1S/C16H27NO2S2/c1-4-10-21(18,19)11-9-20-16-7-5-15(6-8-16)13-17-12-14(2)3/h5-8,14,17H,4,9-13H2,1-3H3. The Morgan fingerprint density at radius 1 is 1.14 bits per heavy atom. The number of rotatable bonds is 10. The van der Waals surface area contributed by atoms with Crippen molar-refractivity contribution in [3.63, 3.8) is 0 Å². The fraction of sp³-hybridized carbons (Fsp3) is 0.625. The summed E-state index contributed by atoms with van der Waals surface area (Å²) in [5.74, 6) is 1.86. The minimum Gasteiger partial charge on any atom is -0.312 e. The van der Waals surface area contributed by atoms with Gasteiger partial charge in [0.25, 0.3) is 0 Å². The van der Waals surface area contributed by atoms with Crippen LogP contribution in [0.25, 0.3) is 0 Å². The maximum Gasteiger partial charge on any atom is 0.151 e. The van der Waals surface area contributed by atoms with Crippen LogP contribution >= 0.6 is 11.8 Å². The van der Waals surface area contributed by atoms with E-state index in [0.29, 0.717) is 23.8 Å². The average molecular weight is 330 g/mol. The van der Waals surface area contributed by atoms with Crippen molar-refractivity contribution in [2.45, 2.75) is 38.6 Å². The van der Waals surface area contributed by atoms with Crippen molar-refractivity contribution in [1.29, 1.82) is 0 Å². The first-order valence-corrected chi connectivity index (χ1v) is 10.4. The van der Waals surface area contributed by atoms with Crippen molar-refractivity contribution >= 4 is 21.6 Å². The third kappa shape index (κ3) is 8.49. The highest BCUT2D eigenvalue weighted by Crippen LogP contribution is 2.19. The Balaban J connectivity index is 2.34. The molecule has 0 amide bonds. The van der Waals surface area contributed by atoms with Gasteiger partial charge in [0.05, 0.1) is 5.75 Å². The summed E-state index contributed by atoms with van der Waals surface area (Å²) in [6.45, 7) is 8.19. The molecule has 3 nitrogen and oxygen atoms in total. The van der Waals surface area contributed by atoms with Gasteiger partial charge in [0.2, 0.25) is 0 Å². The molecule has 0 atom stereocenters. The molecular formula is C16H27NO2S2. The predicted octanol–water partition coefficient (Wildman–Crippen LogP) is 3.35. The van der Waals surface area contributed by atoms with Gasteiger partial charge in [-0.15, -0.1) is 11.8 Å². The lowest BCUT2D eigenvalue weighted by atomic mass is 10.2. The van der Waals surface area contributed by atoms with E-state index in [0.717, 1.165) is 18.0 Å². The highest BCUT2D eigenvalue weighted by atomic mass is 32.2. The molecule has 1 rings (SSSR count). The molecule has 0 saturated carbocycles. The fourth-order valence-corrected chi connectivity index (χ4v) is 4.65. The first-order chi connectivity index (χ1) is 9.93. The van der Waals surface area contributed by atoms with E-state index < -0.39 is 9.84 Å². The van der Waals surface area contributed by atoms with Gasteiger partial charge in [-0.05, 0) is 36.6 Å². The second-order valence-electron chi connectivity index (χ2n) is 5.67. The molecular weight excluding hydrogens is 302 g/mol. The zero-order valence-electron chi connectivity index (χ0n) is 13.3. The topological polar surface area (TPSA) is 46.2 Å². The molecule has 0 aliphatic carbocycles. The molecule has 0 bridgehead atoms. The Bertz CT molecular complexity index is 496. The van der Waals surface area contributed by atoms with E-state index in [1.807, 2.05) is 6.92 Å². The van der Waals surface area contributed by atoms with E-state index >= 15 is 0 Å². The molecule has 0 spiro atoms. The van der Waals surface area contributed by atoms with Crippen LogP contribution in [0.1, 0.15) is 32.8 Å². The lowest BCUT2D eigenvalue weighted by molar-refractivity contribution is 0.552. The van der Waals surface area contributed by atoms with Crippen LogP contribution in [-0.4, -0.2) is 32.2 Å². The summed E-state index contributed by atoms with van der Waals surface area (Å²) in [6, 6.07) is 8.36. The largest absolute Gasteiger partial charge is 0.312 e.